The highest BCUT2D eigenvalue weighted by atomic mass is 16.3. The molecule has 3 nitrogen and oxygen atoms in total. The van der Waals surface area contributed by atoms with E-state index in [1.807, 2.05) is 12.1 Å². The molecule has 2 rings (SSSR count). The van der Waals surface area contributed by atoms with E-state index in [9.17, 15) is 5.11 Å². The first-order chi connectivity index (χ1) is 8.66. The summed E-state index contributed by atoms with van der Waals surface area (Å²) >= 11 is 0. The number of rotatable bonds is 4. The number of benzene rings is 1. The predicted molar refractivity (Wildman–Crippen MR) is 74.7 cm³/mol. The van der Waals surface area contributed by atoms with Crippen molar-refractivity contribution >= 4 is 0 Å². The van der Waals surface area contributed by atoms with E-state index in [1.165, 1.54) is 5.56 Å². The second kappa shape index (κ2) is 6.21. The van der Waals surface area contributed by atoms with Gasteiger partial charge >= 0.3 is 0 Å². The molecule has 0 aliphatic carbocycles. The van der Waals surface area contributed by atoms with Crippen molar-refractivity contribution in [3.05, 3.63) is 29.8 Å². The van der Waals surface area contributed by atoms with Gasteiger partial charge in [0, 0.05) is 32.2 Å². The number of phenolic OH excluding ortho intramolecular Hbond substituents is 1. The van der Waals surface area contributed by atoms with Crippen molar-refractivity contribution in [3.63, 3.8) is 0 Å². The van der Waals surface area contributed by atoms with Crippen LogP contribution in [0.5, 0.6) is 5.75 Å². The van der Waals surface area contributed by atoms with E-state index in [-0.39, 0.29) is 0 Å². The second-order valence-electron chi connectivity index (χ2n) is 5.53. The second-order valence-corrected chi connectivity index (χ2v) is 5.53. The van der Waals surface area contributed by atoms with Crippen LogP contribution in [-0.2, 0) is 0 Å². The van der Waals surface area contributed by atoms with Crippen molar-refractivity contribution in [3.8, 4) is 5.75 Å². The van der Waals surface area contributed by atoms with Crippen molar-refractivity contribution in [2.24, 2.45) is 5.92 Å². The van der Waals surface area contributed by atoms with E-state index in [1.54, 1.807) is 6.07 Å². The van der Waals surface area contributed by atoms with Crippen LogP contribution in [0, 0.1) is 5.92 Å². The summed E-state index contributed by atoms with van der Waals surface area (Å²) in [6.07, 6.45) is 1.14. The van der Waals surface area contributed by atoms with Crippen molar-refractivity contribution in [2.75, 3.05) is 26.2 Å². The number of hydrogen-bond donors (Lipinski definition) is 2. The first kappa shape index (κ1) is 13.4. The van der Waals surface area contributed by atoms with E-state index in [0.717, 1.165) is 32.6 Å². The molecule has 0 radical (unpaired) electrons. The number of hydrogen-bond acceptors (Lipinski definition) is 3. The molecule has 100 valence electrons. The first-order valence-corrected chi connectivity index (χ1v) is 6.90. The fraction of sp³-hybridized carbons (Fsp3) is 0.600. The van der Waals surface area contributed by atoms with Gasteiger partial charge in [0.2, 0.25) is 0 Å². The minimum atomic E-state index is 0.372. The average Bonchev–Trinajstić information content (AvgIpc) is 2.37. The maximum Gasteiger partial charge on any atom is 0.115 e. The zero-order valence-electron chi connectivity index (χ0n) is 11.4. The Labute approximate surface area is 110 Å². The summed E-state index contributed by atoms with van der Waals surface area (Å²) in [6.45, 7) is 8.83. The third kappa shape index (κ3) is 3.47. The van der Waals surface area contributed by atoms with Crippen LogP contribution in [0.3, 0.4) is 0 Å². The lowest BCUT2D eigenvalue weighted by Crippen LogP contribution is -2.45. The Hall–Kier alpha value is -1.06. The summed E-state index contributed by atoms with van der Waals surface area (Å²) in [5, 5.41) is 13.1. The van der Waals surface area contributed by atoms with Crippen molar-refractivity contribution < 1.29 is 5.11 Å². The van der Waals surface area contributed by atoms with E-state index in [2.05, 4.69) is 30.1 Å². The Morgan fingerprint density at radius 1 is 1.28 bits per heavy atom. The summed E-state index contributed by atoms with van der Waals surface area (Å²) in [7, 11) is 0. The van der Waals surface area contributed by atoms with E-state index in [4.69, 9.17) is 0 Å². The summed E-state index contributed by atoms with van der Waals surface area (Å²) in [5.74, 6) is 1.03. The topological polar surface area (TPSA) is 35.5 Å². The van der Waals surface area contributed by atoms with Crippen LogP contribution in [0.1, 0.15) is 31.9 Å². The van der Waals surface area contributed by atoms with Crippen LogP contribution in [0.2, 0.25) is 0 Å². The number of phenols is 1. The summed E-state index contributed by atoms with van der Waals surface area (Å²) in [4.78, 5) is 2.53. The highest BCUT2D eigenvalue weighted by Crippen LogP contribution is 2.29. The van der Waals surface area contributed by atoms with Crippen LogP contribution in [0.15, 0.2) is 24.3 Å². The lowest BCUT2D eigenvalue weighted by Gasteiger charge is -2.36. The molecule has 1 aliphatic rings. The van der Waals surface area contributed by atoms with Crippen LogP contribution >= 0.6 is 0 Å². The van der Waals surface area contributed by atoms with Crippen molar-refractivity contribution in [1.29, 1.82) is 0 Å². The molecule has 1 atom stereocenters. The Kier molecular flexibility index (Phi) is 4.61. The maximum atomic E-state index is 9.66. The fourth-order valence-electron chi connectivity index (χ4n) is 2.67. The Morgan fingerprint density at radius 2 is 2.00 bits per heavy atom. The summed E-state index contributed by atoms with van der Waals surface area (Å²) < 4.78 is 0. The molecule has 0 amide bonds. The van der Waals surface area contributed by atoms with E-state index >= 15 is 0 Å². The molecule has 1 aromatic carbocycles. The highest BCUT2D eigenvalue weighted by Gasteiger charge is 2.23. The van der Waals surface area contributed by atoms with Gasteiger partial charge in [-0.1, -0.05) is 26.0 Å². The third-order valence-electron chi connectivity index (χ3n) is 3.54. The molecule has 1 fully saturated rings. The Balaban J connectivity index is 2.18. The van der Waals surface area contributed by atoms with Gasteiger partial charge in [-0.15, -0.1) is 0 Å². The van der Waals surface area contributed by atoms with Gasteiger partial charge in [-0.25, -0.2) is 0 Å². The van der Waals surface area contributed by atoms with Crippen LogP contribution in [0.4, 0.5) is 0 Å². The molecule has 1 saturated heterocycles. The molecule has 0 unspecified atom stereocenters. The zero-order chi connectivity index (χ0) is 13.0. The summed E-state index contributed by atoms with van der Waals surface area (Å²) in [6, 6.07) is 8.16. The van der Waals surface area contributed by atoms with Crippen molar-refractivity contribution in [2.45, 2.75) is 26.3 Å². The molecule has 1 heterocycles. The van der Waals surface area contributed by atoms with Crippen LogP contribution in [0.25, 0.3) is 0 Å². The quantitative estimate of drug-likeness (QED) is 0.859. The molecule has 3 heteroatoms. The van der Waals surface area contributed by atoms with Gasteiger partial charge in [0.05, 0.1) is 0 Å². The van der Waals surface area contributed by atoms with Crippen molar-refractivity contribution in [1.82, 2.24) is 10.2 Å². The minimum Gasteiger partial charge on any atom is -0.508 e. The SMILES string of the molecule is CC(C)C[C@@H](c1cccc(O)c1)N1CCNCC1. The first-order valence-electron chi connectivity index (χ1n) is 6.90. The Bertz CT molecular complexity index is 373. The van der Waals surface area contributed by atoms with Gasteiger partial charge < -0.3 is 10.4 Å². The molecule has 0 saturated carbocycles. The Morgan fingerprint density at radius 3 is 2.61 bits per heavy atom. The lowest BCUT2D eigenvalue weighted by molar-refractivity contribution is 0.154. The molecule has 0 spiro atoms. The molecular formula is C15H24N2O. The van der Waals surface area contributed by atoms with Gasteiger partial charge in [0.15, 0.2) is 0 Å². The molecule has 0 bridgehead atoms. The molecular weight excluding hydrogens is 224 g/mol. The zero-order valence-corrected chi connectivity index (χ0v) is 11.4. The number of piperazine rings is 1. The van der Waals surface area contributed by atoms with Gasteiger partial charge in [-0.2, -0.15) is 0 Å². The molecule has 1 aliphatic heterocycles. The molecule has 1 aromatic rings. The van der Waals surface area contributed by atoms with E-state index in [0.29, 0.717) is 17.7 Å². The maximum absolute atomic E-state index is 9.66. The number of nitrogens with one attached hydrogen (secondary N) is 1. The minimum absolute atomic E-state index is 0.372. The molecule has 18 heavy (non-hydrogen) atoms. The standard InChI is InChI=1S/C15H24N2O/c1-12(2)10-15(17-8-6-16-7-9-17)13-4-3-5-14(18)11-13/h3-5,11-12,15-16,18H,6-10H2,1-2H3/t15-/m0/s1. The van der Waals surface area contributed by atoms with Gasteiger partial charge in [-0.3, -0.25) is 4.90 Å². The van der Waals surface area contributed by atoms with Gasteiger partial charge in [0.25, 0.3) is 0 Å². The van der Waals surface area contributed by atoms with Crippen LogP contribution < -0.4 is 5.32 Å². The number of aromatic hydroxyl groups is 1. The molecule has 2 N–H and O–H groups in total. The third-order valence-corrected chi connectivity index (χ3v) is 3.54. The normalized spacial score (nSPS) is 19.1. The predicted octanol–water partition coefficient (Wildman–Crippen LogP) is 2.38. The highest BCUT2D eigenvalue weighted by molar-refractivity contribution is 5.29. The van der Waals surface area contributed by atoms with Crippen LogP contribution in [-0.4, -0.2) is 36.2 Å². The number of nitrogens with zero attached hydrogens (tertiary/aromatic N) is 1. The average molecular weight is 248 g/mol. The van der Waals surface area contributed by atoms with E-state index < -0.39 is 0 Å². The summed E-state index contributed by atoms with van der Waals surface area (Å²) in [5.41, 5.74) is 1.24. The van der Waals surface area contributed by atoms with Gasteiger partial charge in [0.1, 0.15) is 5.75 Å². The lowest BCUT2D eigenvalue weighted by atomic mass is 9.95. The largest absolute Gasteiger partial charge is 0.508 e. The molecule has 0 aromatic heterocycles. The van der Waals surface area contributed by atoms with Gasteiger partial charge in [-0.05, 0) is 30.0 Å². The monoisotopic (exact) mass is 248 g/mol. The fourth-order valence-corrected chi connectivity index (χ4v) is 2.67. The smallest absolute Gasteiger partial charge is 0.115 e.